The molecule has 3 N–H and O–H groups in total. The Labute approximate surface area is 198 Å². The normalized spacial score (nSPS) is 23.2. The molecule has 0 amide bonds. The van der Waals surface area contributed by atoms with Crippen molar-refractivity contribution >= 4 is 29.9 Å². The Morgan fingerprint density at radius 3 is 2.55 bits per heavy atom. The predicted molar refractivity (Wildman–Crippen MR) is 125 cm³/mol. The molecule has 0 aromatic heterocycles. The van der Waals surface area contributed by atoms with Crippen molar-refractivity contribution in [2.75, 3.05) is 26.2 Å². The number of benzene rings is 1. The highest BCUT2D eigenvalue weighted by molar-refractivity contribution is 14.0. The number of aliphatic imine (C=N–C) groups is 1. The summed E-state index contributed by atoms with van der Waals surface area (Å²) in [5.74, 6) is 0.928. The second-order valence-corrected chi connectivity index (χ2v) is 8.06. The standard InChI is InChI=1S/C21H31F3N4O2.HI/c1-3-25-20(27-16-10-14(2)28(12-16)17-6-7-17)26-11-18(29)13-30-19-8-4-15(5-9-19)21(22,23)24;/h4-5,8-9,14,16-18,29H,3,6-7,10-13H2,1-2H3,(H2,25,26,27);1H. The molecule has 2 aliphatic rings. The number of hydrogen-bond donors (Lipinski definition) is 3. The first-order chi connectivity index (χ1) is 14.3. The third-order valence-electron chi connectivity index (χ3n) is 5.41. The second-order valence-electron chi connectivity index (χ2n) is 8.06. The van der Waals surface area contributed by atoms with Crippen LogP contribution >= 0.6 is 24.0 Å². The van der Waals surface area contributed by atoms with Gasteiger partial charge in [-0.2, -0.15) is 13.2 Å². The summed E-state index contributed by atoms with van der Waals surface area (Å²) in [6.45, 7) is 6.02. The molecule has 2 fully saturated rings. The van der Waals surface area contributed by atoms with Gasteiger partial charge < -0.3 is 20.5 Å². The molecule has 1 aromatic rings. The lowest BCUT2D eigenvalue weighted by Crippen LogP contribution is -2.45. The van der Waals surface area contributed by atoms with Gasteiger partial charge in [-0.05, 0) is 57.4 Å². The highest BCUT2D eigenvalue weighted by Gasteiger charge is 2.39. The maximum atomic E-state index is 12.6. The summed E-state index contributed by atoms with van der Waals surface area (Å²) in [6, 6.07) is 6.02. The number of halogens is 4. The number of alkyl halides is 3. The van der Waals surface area contributed by atoms with Gasteiger partial charge in [0.1, 0.15) is 18.5 Å². The number of nitrogens with zero attached hydrogens (tertiary/aromatic N) is 2. The number of likely N-dealkylation sites (tertiary alicyclic amines) is 1. The summed E-state index contributed by atoms with van der Waals surface area (Å²) in [5, 5.41) is 16.8. The molecule has 0 radical (unpaired) electrons. The van der Waals surface area contributed by atoms with E-state index in [1.807, 2.05) is 6.92 Å². The quantitative estimate of drug-likeness (QED) is 0.261. The monoisotopic (exact) mass is 556 g/mol. The van der Waals surface area contributed by atoms with Crippen LogP contribution in [-0.2, 0) is 6.18 Å². The van der Waals surface area contributed by atoms with Crippen LogP contribution in [0.1, 0.15) is 38.7 Å². The van der Waals surface area contributed by atoms with Gasteiger partial charge in [-0.15, -0.1) is 24.0 Å². The molecule has 3 rings (SSSR count). The molecule has 3 atom stereocenters. The minimum Gasteiger partial charge on any atom is -0.491 e. The van der Waals surface area contributed by atoms with Crippen molar-refractivity contribution in [2.24, 2.45) is 4.99 Å². The van der Waals surface area contributed by atoms with E-state index in [0.29, 0.717) is 24.6 Å². The molecule has 6 nitrogen and oxygen atoms in total. The molecular weight excluding hydrogens is 524 g/mol. The molecule has 3 unspecified atom stereocenters. The highest BCUT2D eigenvalue weighted by Crippen LogP contribution is 2.33. The van der Waals surface area contributed by atoms with E-state index in [1.165, 1.54) is 25.0 Å². The van der Waals surface area contributed by atoms with Crippen molar-refractivity contribution in [1.82, 2.24) is 15.5 Å². The molecule has 10 heteroatoms. The van der Waals surface area contributed by atoms with E-state index >= 15 is 0 Å². The Morgan fingerprint density at radius 1 is 1.29 bits per heavy atom. The lowest BCUT2D eigenvalue weighted by molar-refractivity contribution is -0.137. The molecule has 1 aliphatic carbocycles. The lowest BCUT2D eigenvalue weighted by atomic mass is 10.2. The summed E-state index contributed by atoms with van der Waals surface area (Å²) in [5.41, 5.74) is -0.733. The Bertz CT molecular complexity index is 714. The van der Waals surface area contributed by atoms with Gasteiger partial charge in [0, 0.05) is 31.2 Å². The van der Waals surface area contributed by atoms with Crippen LogP contribution in [0.2, 0.25) is 0 Å². The van der Waals surface area contributed by atoms with Crippen LogP contribution in [-0.4, -0.2) is 66.4 Å². The summed E-state index contributed by atoms with van der Waals surface area (Å²) >= 11 is 0. The summed E-state index contributed by atoms with van der Waals surface area (Å²) in [7, 11) is 0. The van der Waals surface area contributed by atoms with E-state index in [1.54, 1.807) is 0 Å². The number of hydrogen-bond acceptors (Lipinski definition) is 4. The number of nitrogens with one attached hydrogen (secondary N) is 2. The van der Waals surface area contributed by atoms with Crippen LogP contribution in [0.3, 0.4) is 0 Å². The van der Waals surface area contributed by atoms with Crippen molar-refractivity contribution in [1.29, 1.82) is 0 Å². The molecular formula is C21H32F3IN4O2. The van der Waals surface area contributed by atoms with Crippen molar-refractivity contribution in [2.45, 2.75) is 63.5 Å². The Kier molecular flexibility index (Phi) is 9.68. The molecule has 1 saturated carbocycles. The van der Waals surface area contributed by atoms with E-state index < -0.39 is 17.8 Å². The molecule has 1 aromatic carbocycles. The van der Waals surface area contributed by atoms with Crippen LogP contribution in [0.15, 0.2) is 29.3 Å². The zero-order valence-electron chi connectivity index (χ0n) is 17.9. The van der Waals surface area contributed by atoms with Crippen molar-refractivity contribution in [3.8, 4) is 5.75 Å². The average Bonchev–Trinajstić information content (AvgIpc) is 3.47. The van der Waals surface area contributed by atoms with Crippen molar-refractivity contribution < 1.29 is 23.0 Å². The highest BCUT2D eigenvalue weighted by atomic mass is 127. The second kappa shape index (κ2) is 11.6. The largest absolute Gasteiger partial charge is 0.491 e. The van der Waals surface area contributed by atoms with Gasteiger partial charge in [0.05, 0.1) is 12.1 Å². The van der Waals surface area contributed by atoms with Crippen LogP contribution in [0.5, 0.6) is 5.75 Å². The van der Waals surface area contributed by atoms with E-state index in [0.717, 1.165) is 31.1 Å². The minimum absolute atomic E-state index is 0. The maximum Gasteiger partial charge on any atom is 0.416 e. The van der Waals surface area contributed by atoms with Gasteiger partial charge in [-0.1, -0.05) is 0 Å². The van der Waals surface area contributed by atoms with Crippen LogP contribution in [0, 0.1) is 0 Å². The summed E-state index contributed by atoms with van der Waals surface area (Å²) < 4.78 is 43.2. The fourth-order valence-electron chi connectivity index (χ4n) is 3.77. The average molecular weight is 556 g/mol. The van der Waals surface area contributed by atoms with Gasteiger partial charge in [0.2, 0.25) is 0 Å². The minimum atomic E-state index is -4.38. The topological polar surface area (TPSA) is 69.1 Å². The van der Waals surface area contributed by atoms with E-state index in [-0.39, 0.29) is 42.9 Å². The van der Waals surface area contributed by atoms with Crippen molar-refractivity contribution in [3.05, 3.63) is 29.8 Å². The predicted octanol–water partition coefficient (Wildman–Crippen LogP) is 3.24. The van der Waals surface area contributed by atoms with Crippen LogP contribution < -0.4 is 15.4 Å². The summed E-state index contributed by atoms with van der Waals surface area (Å²) in [4.78, 5) is 6.99. The molecule has 0 bridgehead atoms. The number of aliphatic hydroxyl groups is 1. The first-order valence-electron chi connectivity index (χ1n) is 10.5. The van der Waals surface area contributed by atoms with Gasteiger partial charge in [0.15, 0.2) is 5.96 Å². The first-order valence-corrected chi connectivity index (χ1v) is 10.5. The van der Waals surface area contributed by atoms with E-state index in [9.17, 15) is 18.3 Å². The molecule has 1 aliphatic heterocycles. The van der Waals surface area contributed by atoms with E-state index in [2.05, 4.69) is 27.4 Å². The van der Waals surface area contributed by atoms with Gasteiger partial charge in [-0.3, -0.25) is 9.89 Å². The zero-order chi connectivity index (χ0) is 21.7. The Balaban J connectivity index is 0.00000341. The maximum absolute atomic E-state index is 12.6. The number of aliphatic hydroxyl groups excluding tert-OH is 1. The number of guanidine groups is 1. The smallest absolute Gasteiger partial charge is 0.416 e. The van der Waals surface area contributed by atoms with E-state index in [4.69, 9.17) is 4.74 Å². The fraction of sp³-hybridized carbons (Fsp3) is 0.667. The van der Waals surface area contributed by atoms with Crippen LogP contribution in [0.25, 0.3) is 0 Å². The Morgan fingerprint density at radius 2 is 1.97 bits per heavy atom. The zero-order valence-corrected chi connectivity index (χ0v) is 20.2. The molecule has 31 heavy (non-hydrogen) atoms. The van der Waals surface area contributed by atoms with Crippen molar-refractivity contribution in [3.63, 3.8) is 0 Å². The third kappa shape index (κ3) is 7.98. The van der Waals surface area contributed by atoms with Crippen LogP contribution in [0.4, 0.5) is 13.2 Å². The molecule has 176 valence electrons. The number of rotatable bonds is 8. The summed E-state index contributed by atoms with van der Waals surface area (Å²) in [6.07, 6.45) is -1.61. The first kappa shape index (κ1) is 26.0. The molecule has 0 spiro atoms. The lowest BCUT2D eigenvalue weighted by Gasteiger charge is -2.20. The van der Waals surface area contributed by atoms with Gasteiger partial charge in [0.25, 0.3) is 0 Å². The van der Waals surface area contributed by atoms with Gasteiger partial charge >= 0.3 is 6.18 Å². The SMILES string of the molecule is CCNC(=NCC(O)COc1ccc(C(F)(F)F)cc1)NC1CC(C)N(C2CC2)C1.I. The third-order valence-corrected chi connectivity index (χ3v) is 5.41. The number of ether oxygens (including phenoxy) is 1. The fourth-order valence-corrected chi connectivity index (χ4v) is 3.77. The molecule has 1 heterocycles. The Hall–Kier alpha value is -1.27. The van der Waals surface area contributed by atoms with Gasteiger partial charge in [-0.25, -0.2) is 0 Å². The molecule has 1 saturated heterocycles.